The van der Waals surface area contributed by atoms with Crippen molar-refractivity contribution in [3.8, 4) is 5.75 Å². The average Bonchev–Trinajstić information content (AvgIpc) is 2.37. The van der Waals surface area contributed by atoms with Crippen molar-refractivity contribution in [2.75, 3.05) is 7.05 Å². The van der Waals surface area contributed by atoms with Crippen LogP contribution >= 0.6 is 0 Å². The van der Waals surface area contributed by atoms with Gasteiger partial charge in [-0.25, -0.2) is 0 Å². The summed E-state index contributed by atoms with van der Waals surface area (Å²) in [6, 6.07) is 14.0. The van der Waals surface area contributed by atoms with E-state index in [-0.39, 0.29) is 0 Å². The van der Waals surface area contributed by atoms with E-state index in [0.717, 1.165) is 23.7 Å². The van der Waals surface area contributed by atoms with Crippen molar-refractivity contribution >= 4 is 0 Å². The Morgan fingerprint density at radius 2 is 1.89 bits per heavy atom. The van der Waals surface area contributed by atoms with Crippen LogP contribution in [0.4, 0.5) is 0 Å². The molecule has 18 heavy (non-hydrogen) atoms. The van der Waals surface area contributed by atoms with Crippen molar-refractivity contribution in [2.24, 2.45) is 0 Å². The second-order valence-corrected chi connectivity index (χ2v) is 4.26. The van der Waals surface area contributed by atoms with Gasteiger partial charge in [0.25, 0.3) is 0 Å². The SMILES string of the molecule is CNCc1cccc(COc2cccc(C)c2)n1. The van der Waals surface area contributed by atoms with Crippen LogP contribution in [0.5, 0.6) is 5.75 Å². The van der Waals surface area contributed by atoms with Crippen LogP contribution in [0.3, 0.4) is 0 Å². The minimum absolute atomic E-state index is 0.501. The molecule has 0 fully saturated rings. The molecule has 3 nitrogen and oxygen atoms in total. The molecule has 0 amide bonds. The average molecular weight is 242 g/mol. The Balaban J connectivity index is 1.99. The number of hydrogen-bond acceptors (Lipinski definition) is 3. The summed E-state index contributed by atoms with van der Waals surface area (Å²) in [5.74, 6) is 0.885. The third-order valence-electron chi connectivity index (χ3n) is 2.60. The Morgan fingerprint density at radius 1 is 1.11 bits per heavy atom. The number of rotatable bonds is 5. The molecule has 2 aromatic rings. The van der Waals surface area contributed by atoms with E-state index in [4.69, 9.17) is 4.74 Å². The van der Waals surface area contributed by atoms with Crippen LogP contribution in [0.15, 0.2) is 42.5 Å². The number of ether oxygens (including phenoxy) is 1. The molecular weight excluding hydrogens is 224 g/mol. The predicted octanol–water partition coefficient (Wildman–Crippen LogP) is 2.69. The molecule has 0 aliphatic rings. The van der Waals surface area contributed by atoms with E-state index in [1.807, 2.05) is 43.4 Å². The lowest BCUT2D eigenvalue weighted by molar-refractivity contribution is 0.300. The molecule has 0 radical (unpaired) electrons. The molecule has 1 heterocycles. The van der Waals surface area contributed by atoms with Gasteiger partial charge in [0.15, 0.2) is 0 Å². The Kier molecular flexibility index (Phi) is 4.31. The van der Waals surface area contributed by atoms with Crippen LogP contribution in [-0.4, -0.2) is 12.0 Å². The first-order valence-electron chi connectivity index (χ1n) is 6.07. The van der Waals surface area contributed by atoms with E-state index in [1.165, 1.54) is 5.56 Å². The Labute approximate surface area is 108 Å². The van der Waals surface area contributed by atoms with Crippen LogP contribution in [0.25, 0.3) is 0 Å². The van der Waals surface area contributed by atoms with Crippen LogP contribution in [0.2, 0.25) is 0 Å². The van der Waals surface area contributed by atoms with Crippen molar-refractivity contribution in [1.29, 1.82) is 0 Å². The topological polar surface area (TPSA) is 34.1 Å². The van der Waals surface area contributed by atoms with Gasteiger partial charge < -0.3 is 10.1 Å². The van der Waals surface area contributed by atoms with E-state index < -0.39 is 0 Å². The summed E-state index contributed by atoms with van der Waals surface area (Å²) >= 11 is 0. The molecule has 94 valence electrons. The van der Waals surface area contributed by atoms with Crippen molar-refractivity contribution in [3.63, 3.8) is 0 Å². The quantitative estimate of drug-likeness (QED) is 0.875. The molecule has 0 unspecified atom stereocenters. The van der Waals surface area contributed by atoms with Gasteiger partial charge >= 0.3 is 0 Å². The molecule has 0 bridgehead atoms. The molecule has 0 saturated heterocycles. The first-order valence-corrected chi connectivity index (χ1v) is 6.07. The molecule has 1 aromatic heterocycles. The minimum atomic E-state index is 0.501. The van der Waals surface area contributed by atoms with Crippen molar-refractivity contribution < 1.29 is 4.74 Å². The maximum absolute atomic E-state index is 5.72. The van der Waals surface area contributed by atoms with Gasteiger partial charge in [-0.1, -0.05) is 18.2 Å². The zero-order chi connectivity index (χ0) is 12.8. The highest BCUT2D eigenvalue weighted by Gasteiger charge is 1.99. The number of hydrogen-bond donors (Lipinski definition) is 1. The second kappa shape index (κ2) is 6.17. The fraction of sp³-hybridized carbons (Fsp3) is 0.267. The number of nitrogens with zero attached hydrogens (tertiary/aromatic N) is 1. The summed E-state index contributed by atoms with van der Waals surface area (Å²) in [6.07, 6.45) is 0. The maximum atomic E-state index is 5.72. The van der Waals surface area contributed by atoms with Gasteiger partial charge in [0, 0.05) is 6.54 Å². The highest BCUT2D eigenvalue weighted by atomic mass is 16.5. The van der Waals surface area contributed by atoms with Crippen LogP contribution < -0.4 is 10.1 Å². The van der Waals surface area contributed by atoms with Gasteiger partial charge in [0.2, 0.25) is 0 Å². The summed E-state index contributed by atoms with van der Waals surface area (Å²) in [7, 11) is 1.91. The molecule has 3 heteroatoms. The van der Waals surface area contributed by atoms with Gasteiger partial charge in [0.05, 0.1) is 11.4 Å². The highest BCUT2D eigenvalue weighted by molar-refractivity contribution is 5.27. The van der Waals surface area contributed by atoms with Gasteiger partial charge in [-0.05, 0) is 43.8 Å². The summed E-state index contributed by atoms with van der Waals surface area (Å²) < 4.78 is 5.72. The second-order valence-electron chi connectivity index (χ2n) is 4.26. The van der Waals surface area contributed by atoms with Gasteiger partial charge in [-0.15, -0.1) is 0 Å². The molecule has 0 saturated carbocycles. The Hall–Kier alpha value is -1.87. The number of pyridine rings is 1. The largest absolute Gasteiger partial charge is 0.487 e. The lowest BCUT2D eigenvalue weighted by Gasteiger charge is -2.07. The van der Waals surface area contributed by atoms with Crippen molar-refractivity contribution in [1.82, 2.24) is 10.3 Å². The lowest BCUT2D eigenvalue weighted by atomic mass is 10.2. The van der Waals surface area contributed by atoms with Crippen LogP contribution in [-0.2, 0) is 13.2 Å². The van der Waals surface area contributed by atoms with E-state index in [0.29, 0.717) is 6.61 Å². The molecule has 0 aliphatic heterocycles. The van der Waals surface area contributed by atoms with Crippen molar-refractivity contribution in [3.05, 3.63) is 59.4 Å². The van der Waals surface area contributed by atoms with E-state index in [9.17, 15) is 0 Å². The number of nitrogens with one attached hydrogen (secondary N) is 1. The summed E-state index contributed by atoms with van der Waals surface area (Å²) in [6.45, 7) is 3.33. The molecule has 1 N–H and O–H groups in total. The summed E-state index contributed by atoms with van der Waals surface area (Å²) in [5, 5.41) is 3.09. The monoisotopic (exact) mass is 242 g/mol. The van der Waals surface area contributed by atoms with Crippen LogP contribution in [0, 0.1) is 6.92 Å². The Morgan fingerprint density at radius 3 is 2.67 bits per heavy atom. The molecule has 1 aromatic carbocycles. The van der Waals surface area contributed by atoms with E-state index >= 15 is 0 Å². The van der Waals surface area contributed by atoms with Crippen LogP contribution in [0.1, 0.15) is 17.0 Å². The first kappa shape index (κ1) is 12.6. The molecule has 0 spiro atoms. The van der Waals surface area contributed by atoms with Crippen molar-refractivity contribution in [2.45, 2.75) is 20.1 Å². The fourth-order valence-corrected chi connectivity index (χ4v) is 1.75. The minimum Gasteiger partial charge on any atom is -0.487 e. The number of aryl methyl sites for hydroxylation is 1. The maximum Gasteiger partial charge on any atom is 0.130 e. The number of aromatic nitrogens is 1. The normalized spacial score (nSPS) is 10.3. The van der Waals surface area contributed by atoms with E-state index in [1.54, 1.807) is 0 Å². The molecule has 0 aliphatic carbocycles. The third-order valence-corrected chi connectivity index (χ3v) is 2.60. The summed E-state index contributed by atoms with van der Waals surface area (Å²) in [4.78, 5) is 4.51. The summed E-state index contributed by atoms with van der Waals surface area (Å²) in [5.41, 5.74) is 3.18. The predicted molar refractivity (Wildman–Crippen MR) is 72.5 cm³/mol. The third kappa shape index (κ3) is 3.57. The zero-order valence-corrected chi connectivity index (χ0v) is 10.8. The zero-order valence-electron chi connectivity index (χ0n) is 10.8. The lowest BCUT2D eigenvalue weighted by Crippen LogP contribution is -2.08. The van der Waals surface area contributed by atoms with Gasteiger partial charge in [0.1, 0.15) is 12.4 Å². The smallest absolute Gasteiger partial charge is 0.130 e. The van der Waals surface area contributed by atoms with Gasteiger partial charge in [-0.2, -0.15) is 0 Å². The molecule has 2 rings (SSSR count). The van der Waals surface area contributed by atoms with E-state index in [2.05, 4.69) is 23.3 Å². The Bertz CT molecular complexity index is 511. The fourth-order valence-electron chi connectivity index (χ4n) is 1.75. The molecule has 0 atom stereocenters. The van der Waals surface area contributed by atoms with Gasteiger partial charge in [-0.3, -0.25) is 4.98 Å². The number of benzene rings is 1. The highest BCUT2D eigenvalue weighted by Crippen LogP contribution is 2.14. The standard InChI is InChI=1S/C15H18N2O/c1-12-5-3-8-15(9-12)18-11-14-7-4-6-13(17-14)10-16-2/h3-9,16H,10-11H2,1-2H3. The first-order chi connectivity index (χ1) is 8.78. The molecular formula is C15H18N2O.